The van der Waals surface area contributed by atoms with E-state index in [1.807, 2.05) is 51.1 Å². The molecule has 326 valence electrons. The van der Waals surface area contributed by atoms with Crippen LogP contribution >= 0.6 is 11.6 Å². The maximum atomic E-state index is 14.2. The number of ether oxygens (including phenoxy) is 5. The number of hydrogen-bond acceptors (Lipinski definition) is 11. The van der Waals surface area contributed by atoms with Crippen molar-refractivity contribution in [3.63, 3.8) is 0 Å². The first-order chi connectivity index (χ1) is 28.4. The number of hydrogen-bond donors (Lipinski definition) is 3. The second kappa shape index (κ2) is 21.7. The Bertz CT molecular complexity index is 1760. The van der Waals surface area contributed by atoms with Gasteiger partial charge in [-0.1, -0.05) is 36.2 Å². The first kappa shape index (κ1) is 46.4. The number of amides is 1. The minimum atomic E-state index is -1.48. The summed E-state index contributed by atoms with van der Waals surface area (Å²) in [5.74, 6) is -0.0332. The normalized spacial score (nSPS) is 24.1. The van der Waals surface area contributed by atoms with E-state index in [1.54, 1.807) is 11.0 Å². The largest absolute Gasteiger partial charge is 0.459 e. The molecule has 0 radical (unpaired) electrons. The number of alkyl halides is 1. The van der Waals surface area contributed by atoms with Crippen LogP contribution in [0, 0.1) is 31.6 Å². The summed E-state index contributed by atoms with van der Waals surface area (Å²) in [4.78, 5) is 22.0. The Morgan fingerprint density at radius 2 is 1.71 bits per heavy atom. The molecule has 3 N–H and O–H groups in total. The summed E-state index contributed by atoms with van der Waals surface area (Å²) in [5.41, 5.74) is 4.21. The van der Waals surface area contributed by atoms with Gasteiger partial charge in [-0.2, -0.15) is 0 Å². The van der Waals surface area contributed by atoms with E-state index < -0.39 is 29.4 Å². The molecular weight excluding hydrogens is 776 g/mol. The highest BCUT2D eigenvalue weighted by Gasteiger charge is 2.65. The van der Waals surface area contributed by atoms with Gasteiger partial charge in [-0.15, -0.1) is 18.2 Å². The van der Waals surface area contributed by atoms with Gasteiger partial charge in [-0.3, -0.25) is 4.90 Å². The molecule has 0 spiro atoms. The monoisotopic (exact) mass is 840 g/mol. The number of benzene rings is 2. The predicted octanol–water partition coefficient (Wildman–Crippen LogP) is 8.21. The zero-order valence-corrected chi connectivity index (χ0v) is 36.3. The van der Waals surface area contributed by atoms with Gasteiger partial charge in [0.25, 0.3) is 0 Å². The average Bonchev–Trinajstić information content (AvgIpc) is 3.21. The third-order valence-corrected chi connectivity index (χ3v) is 11.6. The lowest BCUT2D eigenvalue weighted by atomic mass is 9.55. The minimum absolute atomic E-state index is 0.0116. The lowest BCUT2D eigenvalue weighted by Crippen LogP contribution is -2.70. The van der Waals surface area contributed by atoms with Crippen LogP contribution in [0.1, 0.15) is 88.3 Å². The van der Waals surface area contributed by atoms with E-state index in [2.05, 4.69) is 32.6 Å². The van der Waals surface area contributed by atoms with Crippen molar-refractivity contribution in [3.8, 4) is 17.2 Å². The number of carbonyl (C=O) groups excluding carboxylic acids is 1. The van der Waals surface area contributed by atoms with Crippen LogP contribution in [0.25, 0.3) is 0 Å². The van der Waals surface area contributed by atoms with Crippen LogP contribution < -0.4 is 9.47 Å². The maximum absolute atomic E-state index is 14.2. The highest BCUT2D eigenvalue weighted by molar-refractivity contribution is 6.18. The lowest BCUT2D eigenvalue weighted by Gasteiger charge is -2.59. The molecule has 0 saturated heterocycles. The molecule has 2 aromatic rings. The van der Waals surface area contributed by atoms with Gasteiger partial charge in [-0.25, -0.2) is 4.79 Å². The first-order valence-electron chi connectivity index (χ1n) is 21.1. The number of aryl methyl sites for hydroxylation is 2. The highest BCUT2D eigenvalue weighted by atomic mass is 35.5. The van der Waals surface area contributed by atoms with Crippen molar-refractivity contribution in [2.45, 2.75) is 103 Å². The summed E-state index contributed by atoms with van der Waals surface area (Å²) in [5, 5.41) is 34.2. The van der Waals surface area contributed by atoms with Crippen LogP contribution in [0.3, 0.4) is 0 Å². The van der Waals surface area contributed by atoms with Crippen molar-refractivity contribution in [1.29, 1.82) is 0 Å². The molecule has 2 aliphatic carbocycles. The molecule has 13 heteroatoms. The van der Waals surface area contributed by atoms with Gasteiger partial charge in [-0.05, 0) is 119 Å². The van der Waals surface area contributed by atoms with Crippen LogP contribution in [0.15, 0.2) is 65.9 Å². The number of unbranched alkanes of at least 4 members (excludes halogenated alkanes) is 2. The number of allylic oxidation sites excluding steroid dienone is 1. The number of aliphatic hydroxyl groups is 3. The quantitative estimate of drug-likeness (QED) is 0.0459. The molecule has 3 aliphatic rings. The Hall–Kier alpha value is -3.65. The lowest BCUT2D eigenvalue weighted by molar-refractivity contribution is -0.256. The average molecular weight is 841 g/mol. The Labute approximate surface area is 355 Å². The summed E-state index contributed by atoms with van der Waals surface area (Å²) >= 11 is 6.03. The SMILES string of the molecule is C=CCOC12Oc3ccc(Oc4ccc(C)c(C)c4)cc3C3C(CCCCO)C(CCCCO)C=C(C(=NOC(C)(C)C)CC1N(CCOCCO)C(=O)OCCCl)C32. The van der Waals surface area contributed by atoms with Crippen LogP contribution in [-0.4, -0.2) is 108 Å². The number of carbonyl (C=O) groups is 1. The fourth-order valence-electron chi connectivity index (χ4n) is 8.73. The van der Waals surface area contributed by atoms with Gasteiger partial charge in [0.2, 0.25) is 5.79 Å². The number of halogens is 1. The van der Waals surface area contributed by atoms with E-state index in [1.165, 1.54) is 5.56 Å². The van der Waals surface area contributed by atoms with Gasteiger partial charge in [0, 0.05) is 37.7 Å². The Morgan fingerprint density at radius 3 is 2.39 bits per heavy atom. The summed E-state index contributed by atoms with van der Waals surface area (Å²) in [6.45, 7) is 14.4. The van der Waals surface area contributed by atoms with Crippen LogP contribution in [0.2, 0.25) is 0 Å². The second-order valence-corrected chi connectivity index (χ2v) is 17.0. The van der Waals surface area contributed by atoms with Gasteiger partial charge < -0.3 is 43.8 Å². The summed E-state index contributed by atoms with van der Waals surface area (Å²) < 4.78 is 32.3. The Kier molecular flexibility index (Phi) is 17.1. The number of aliphatic hydroxyl groups excluding tert-OH is 3. The van der Waals surface area contributed by atoms with E-state index in [4.69, 9.17) is 45.3 Å². The third-order valence-electron chi connectivity index (χ3n) is 11.4. The van der Waals surface area contributed by atoms with Crippen molar-refractivity contribution in [1.82, 2.24) is 4.90 Å². The molecular formula is C46H65ClN2O10. The molecule has 0 bridgehead atoms. The summed E-state index contributed by atoms with van der Waals surface area (Å²) in [6, 6.07) is 11.1. The van der Waals surface area contributed by atoms with Crippen molar-refractivity contribution in [3.05, 3.63) is 77.4 Å². The van der Waals surface area contributed by atoms with Crippen LogP contribution in [-0.2, 0) is 19.0 Å². The van der Waals surface area contributed by atoms with E-state index in [9.17, 15) is 20.1 Å². The molecule has 59 heavy (non-hydrogen) atoms. The molecule has 1 fully saturated rings. The highest BCUT2D eigenvalue weighted by Crippen LogP contribution is 2.62. The summed E-state index contributed by atoms with van der Waals surface area (Å²) in [7, 11) is 0. The molecule has 12 nitrogen and oxygen atoms in total. The first-order valence-corrected chi connectivity index (χ1v) is 21.6. The zero-order valence-electron chi connectivity index (χ0n) is 35.5. The van der Waals surface area contributed by atoms with Gasteiger partial charge in [0.05, 0.1) is 43.9 Å². The van der Waals surface area contributed by atoms with Crippen LogP contribution in [0.5, 0.6) is 17.2 Å². The van der Waals surface area contributed by atoms with E-state index in [0.29, 0.717) is 30.1 Å². The van der Waals surface area contributed by atoms with Crippen molar-refractivity contribution < 1.29 is 48.6 Å². The van der Waals surface area contributed by atoms with Crippen LogP contribution in [0.4, 0.5) is 4.79 Å². The molecule has 1 saturated carbocycles. The fourth-order valence-corrected chi connectivity index (χ4v) is 8.81. The van der Waals surface area contributed by atoms with E-state index in [-0.39, 0.29) is 82.8 Å². The smallest absolute Gasteiger partial charge is 0.410 e. The van der Waals surface area contributed by atoms with Crippen molar-refractivity contribution >= 4 is 23.4 Å². The number of rotatable bonds is 22. The number of oxime groups is 1. The Balaban J connectivity index is 1.79. The molecule has 1 aliphatic heterocycles. The molecule has 1 amide bonds. The summed E-state index contributed by atoms with van der Waals surface area (Å²) in [6.07, 6.45) is 8.10. The number of fused-ring (bicyclic) bond motifs is 2. The zero-order chi connectivity index (χ0) is 42.6. The molecule has 0 aromatic heterocycles. The number of nitrogens with zero attached hydrogens (tertiary/aromatic N) is 2. The van der Waals surface area contributed by atoms with Crippen molar-refractivity contribution in [2.24, 2.45) is 22.9 Å². The third kappa shape index (κ3) is 11.4. The van der Waals surface area contributed by atoms with E-state index in [0.717, 1.165) is 48.1 Å². The molecule has 1 heterocycles. The molecule has 2 aromatic carbocycles. The van der Waals surface area contributed by atoms with Gasteiger partial charge in [0.1, 0.15) is 35.5 Å². The molecule has 6 unspecified atom stereocenters. The van der Waals surface area contributed by atoms with Gasteiger partial charge >= 0.3 is 6.09 Å². The predicted molar refractivity (Wildman–Crippen MR) is 228 cm³/mol. The Morgan fingerprint density at radius 1 is 0.983 bits per heavy atom. The molecule has 5 rings (SSSR count). The van der Waals surface area contributed by atoms with E-state index >= 15 is 0 Å². The fraction of sp³-hybridized carbons (Fsp3) is 0.609. The topological polar surface area (TPSA) is 149 Å². The standard InChI is InChI=1S/C46H65ClN2O10/c1-7-23-56-46-41(49(19-25-54-26-22-52)44(53)55-24-18-47)30-39(48-59-45(4,5)6)37-28-33(12-8-10-20-50)36(13-9-11-21-51)42(43(37)46)38-29-35(16-17-40(38)58-46)57-34-15-14-31(2)32(3)27-34/h7,14-17,27-29,33,36,41-43,50-52H,1,8-13,18-26,30H2,2-6H3. The minimum Gasteiger partial charge on any atom is -0.459 e. The molecule has 6 atom stereocenters. The second-order valence-electron chi connectivity index (χ2n) is 16.7. The maximum Gasteiger partial charge on any atom is 0.410 e. The van der Waals surface area contributed by atoms with Gasteiger partial charge in [0.15, 0.2) is 0 Å². The van der Waals surface area contributed by atoms with Crippen molar-refractivity contribution in [2.75, 3.05) is 58.7 Å².